The van der Waals surface area contributed by atoms with E-state index in [0.717, 1.165) is 18.4 Å². The summed E-state index contributed by atoms with van der Waals surface area (Å²) in [4.78, 5) is 16.8. The van der Waals surface area contributed by atoms with Crippen LogP contribution in [0, 0.1) is 5.92 Å². The van der Waals surface area contributed by atoms with Crippen molar-refractivity contribution in [1.29, 1.82) is 0 Å². The number of halogens is 2. The Morgan fingerprint density at radius 1 is 1.14 bits per heavy atom. The lowest BCUT2D eigenvalue weighted by molar-refractivity contribution is -0.120. The zero-order valence-electron chi connectivity index (χ0n) is 15.9. The van der Waals surface area contributed by atoms with Crippen molar-refractivity contribution in [1.82, 2.24) is 9.29 Å². The van der Waals surface area contributed by atoms with Crippen molar-refractivity contribution in [3.05, 3.63) is 53.2 Å². The van der Waals surface area contributed by atoms with Crippen LogP contribution < -0.4 is 5.32 Å². The molecule has 0 saturated carbocycles. The summed E-state index contributed by atoms with van der Waals surface area (Å²) in [7, 11) is -3.56. The summed E-state index contributed by atoms with van der Waals surface area (Å²) < 4.78 is 27.2. The average molecular weight is 456 g/mol. The van der Waals surface area contributed by atoms with Crippen LogP contribution in [0.2, 0.25) is 5.02 Å². The first-order valence-electron chi connectivity index (χ1n) is 9.47. The predicted molar refractivity (Wildman–Crippen MR) is 115 cm³/mol. The quantitative estimate of drug-likeness (QED) is 0.640. The third-order valence-corrected chi connectivity index (χ3v) is 7.37. The third-order valence-electron chi connectivity index (χ3n) is 4.96. The van der Waals surface area contributed by atoms with E-state index >= 15 is 0 Å². The Morgan fingerprint density at radius 2 is 1.83 bits per heavy atom. The molecular formula is C20H23Cl2N3O3S. The molecule has 3 rings (SSSR count). The number of sulfonamides is 1. The van der Waals surface area contributed by atoms with Gasteiger partial charge in [0.15, 0.2) is 0 Å². The molecule has 0 spiro atoms. The fourth-order valence-corrected chi connectivity index (χ4v) is 5.00. The van der Waals surface area contributed by atoms with Crippen molar-refractivity contribution in [2.24, 2.45) is 5.92 Å². The van der Waals surface area contributed by atoms with Crippen molar-refractivity contribution in [3.8, 4) is 0 Å². The number of nitrogens with zero attached hydrogens (tertiary/aromatic N) is 2. The molecule has 1 aromatic carbocycles. The zero-order chi connectivity index (χ0) is 20.9. The molecule has 1 aromatic heterocycles. The molecule has 9 heteroatoms. The molecule has 1 aliphatic heterocycles. The van der Waals surface area contributed by atoms with Gasteiger partial charge in [0.25, 0.3) is 0 Å². The van der Waals surface area contributed by atoms with E-state index in [4.69, 9.17) is 23.2 Å². The summed E-state index contributed by atoms with van der Waals surface area (Å²) in [6.45, 7) is 0.616. The predicted octanol–water partition coefficient (Wildman–Crippen LogP) is 3.95. The van der Waals surface area contributed by atoms with Gasteiger partial charge in [0.1, 0.15) is 5.82 Å². The van der Waals surface area contributed by atoms with E-state index < -0.39 is 10.0 Å². The number of carbonyl (C=O) groups is 1. The lowest BCUT2D eigenvalue weighted by Gasteiger charge is -2.30. The number of carbonyl (C=O) groups excluding carboxylic acids is 1. The molecule has 1 aliphatic rings. The van der Waals surface area contributed by atoms with E-state index in [1.165, 1.54) is 10.5 Å². The van der Waals surface area contributed by atoms with Gasteiger partial charge in [0.05, 0.1) is 9.92 Å². The van der Waals surface area contributed by atoms with Gasteiger partial charge in [-0.15, -0.1) is 11.6 Å². The van der Waals surface area contributed by atoms with Crippen molar-refractivity contribution in [2.45, 2.75) is 30.6 Å². The Hall–Kier alpha value is -1.67. The monoisotopic (exact) mass is 455 g/mol. The van der Waals surface area contributed by atoms with Crippen molar-refractivity contribution in [2.75, 3.05) is 24.3 Å². The summed E-state index contributed by atoms with van der Waals surface area (Å²) in [6.07, 6.45) is 4.08. The average Bonchev–Trinajstić information content (AvgIpc) is 2.74. The Morgan fingerprint density at radius 3 is 2.41 bits per heavy atom. The normalized spacial score (nSPS) is 15.9. The lowest BCUT2D eigenvalue weighted by atomic mass is 9.97. The molecule has 2 aromatic rings. The van der Waals surface area contributed by atoms with Gasteiger partial charge in [-0.2, -0.15) is 4.31 Å². The molecule has 0 atom stereocenters. The first kappa shape index (κ1) is 22.0. The molecule has 6 nitrogen and oxygen atoms in total. The second-order valence-electron chi connectivity index (χ2n) is 6.97. The number of nitrogens with one attached hydrogen (secondary N) is 1. The van der Waals surface area contributed by atoms with E-state index in [1.807, 2.05) is 12.1 Å². The van der Waals surface area contributed by atoms with E-state index in [0.29, 0.717) is 42.7 Å². The van der Waals surface area contributed by atoms with Crippen molar-refractivity contribution >= 4 is 45.0 Å². The third kappa shape index (κ3) is 5.69. The number of benzene rings is 1. The number of anilines is 1. The number of hydrogen-bond acceptors (Lipinski definition) is 4. The maximum Gasteiger partial charge on any atom is 0.243 e. The zero-order valence-corrected chi connectivity index (χ0v) is 18.2. The highest BCUT2D eigenvalue weighted by molar-refractivity contribution is 7.89. The summed E-state index contributed by atoms with van der Waals surface area (Å²) >= 11 is 11.5. The van der Waals surface area contributed by atoms with Crippen molar-refractivity contribution < 1.29 is 13.2 Å². The van der Waals surface area contributed by atoms with Crippen LogP contribution in [-0.4, -0.2) is 42.6 Å². The molecule has 2 heterocycles. The van der Waals surface area contributed by atoms with Gasteiger partial charge < -0.3 is 5.32 Å². The number of amides is 1. The fourth-order valence-electron chi connectivity index (χ4n) is 3.28. The van der Waals surface area contributed by atoms with Crippen LogP contribution in [0.4, 0.5) is 5.82 Å². The number of hydrogen-bond donors (Lipinski definition) is 1. The summed E-state index contributed by atoms with van der Waals surface area (Å²) in [5.74, 6) is 0.609. The maximum absolute atomic E-state index is 12.9. The summed E-state index contributed by atoms with van der Waals surface area (Å²) in [6, 6.07) is 10.2. The number of pyridine rings is 1. The largest absolute Gasteiger partial charge is 0.310 e. The number of aryl methyl sites for hydroxylation is 1. The van der Waals surface area contributed by atoms with Crippen LogP contribution in [0.1, 0.15) is 24.8 Å². The molecular weight excluding hydrogens is 433 g/mol. The number of rotatable bonds is 7. The second-order valence-corrected chi connectivity index (χ2v) is 9.72. The molecule has 0 aliphatic carbocycles. The highest BCUT2D eigenvalue weighted by atomic mass is 35.5. The molecule has 0 radical (unpaired) electrons. The molecule has 1 fully saturated rings. The van der Waals surface area contributed by atoms with Crippen LogP contribution >= 0.6 is 23.2 Å². The number of alkyl halides is 1. The van der Waals surface area contributed by atoms with Gasteiger partial charge >= 0.3 is 0 Å². The topological polar surface area (TPSA) is 79.4 Å². The molecule has 156 valence electrons. The molecule has 0 bridgehead atoms. The molecule has 1 amide bonds. The smallest absolute Gasteiger partial charge is 0.243 e. The second kappa shape index (κ2) is 9.89. The minimum Gasteiger partial charge on any atom is -0.310 e. The molecule has 1 N–H and O–H groups in total. The number of piperidine rings is 1. The van der Waals surface area contributed by atoms with Gasteiger partial charge in [-0.25, -0.2) is 13.4 Å². The molecule has 0 unspecified atom stereocenters. The minimum absolute atomic E-state index is 0.152. The van der Waals surface area contributed by atoms with E-state index in [1.54, 1.807) is 24.3 Å². The van der Waals surface area contributed by atoms with Crippen LogP contribution in [0.15, 0.2) is 47.5 Å². The number of aromatic nitrogens is 1. The minimum atomic E-state index is -3.56. The Balaban J connectivity index is 1.57. The van der Waals surface area contributed by atoms with E-state index in [-0.39, 0.29) is 16.7 Å². The van der Waals surface area contributed by atoms with Gasteiger partial charge in [0, 0.05) is 31.1 Å². The van der Waals surface area contributed by atoms with Crippen LogP contribution in [0.5, 0.6) is 0 Å². The maximum atomic E-state index is 12.9. The highest BCUT2D eigenvalue weighted by Crippen LogP contribution is 2.25. The summed E-state index contributed by atoms with van der Waals surface area (Å²) in [5, 5.41) is 3.26. The molecule has 29 heavy (non-hydrogen) atoms. The van der Waals surface area contributed by atoms with Crippen LogP contribution in [0.3, 0.4) is 0 Å². The van der Waals surface area contributed by atoms with Gasteiger partial charge in [-0.1, -0.05) is 23.7 Å². The van der Waals surface area contributed by atoms with Crippen LogP contribution in [-0.2, 0) is 21.2 Å². The summed E-state index contributed by atoms with van der Waals surface area (Å²) in [5.41, 5.74) is 1.07. The molecule has 1 saturated heterocycles. The highest BCUT2D eigenvalue weighted by Gasteiger charge is 2.32. The Labute approximate surface area is 181 Å². The standard InChI is InChI=1S/C20H23Cl2N3O3S/c21-11-1-2-15-3-6-18(7-4-15)29(27,28)25-12-9-16(10-13-25)20(26)24-19-8-5-17(22)14-23-19/h3-8,14,16H,1-2,9-13H2,(H,23,24,26). The van der Waals surface area contributed by atoms with Crippen LogP contribution in [0.25, 0.3) is 0 Å². The van der Waals surface area contributed by atoms with E-state index in [2.05, 4.69) is 10.3 Å². The van der Waals surface area contributed by atoms with Gasteiger partial charge in [0.2, 0.25) is 15.9 Å². The van der Waals surface area contributed by atoms with Gasteiger partial charge in [-0.3, -0.25) is 4.79 Å². The Bertz CT molecular complexity index is 926. The van der Waals surface area contributed by atoms with Crippen molar-refractivity contribution in [3.63, 3.8) is 0 Å². The fraction of sp³-hybridized carbons (Fsp3) is 0.400. The van der Waals surface area contributed by atoms with E-state index in [9.17, 15) is 13.2 Å². The Kier molecular flexibility index (Phi) is 7.51. The lowest BCUT2D eigenvalue weighted by Crippen LogP contribution is -2.41. The first-order chi connectivity index (χ1) is 13.9. The first-order valence-corrected chi connectivity index (χ1v) is 11.8. The SMILES string of the molecule is O=C(Nc1ccc(Cl)cn1)C1CCN(S(=O)(=O)c2ccc(CCCCl)cc2)CC1. The van der Waals surface area contributed by atoms with Gasteiger partial charge in [-0.05, 0) is 55.5 Å².